The van der Waals surface area contributed by atoms with Crippen molar-refractivity contribution in [1.82, 2.24) is 34.6 Å². The maximum atomic E-state index is 13.3. The first-order chi connectivity index (χ1) is 18.8. The van der Waals surface area contributed by atoms with E-state index in [1.165, 1.54) is 4.90 Å². The molecule has 2 N–H and O–H groups in total. The molecule has 1 amide bonds. The van der Waals surface area contributed by atoms with Crippen molar-refractivity contribution in [3.8, 4) is 17.2 Å². The molecule has 0 aliphatic carbocycles. The topological polar surface area (TPSA) is 132 Å². The Balaban J connectivity index is 1.23. The number of halogens is 2. The number of alkyl halides is 2. The standard InChI is InChI=1S/C26H24F2N10O/c1-36-20(23(39)38-14-26(27,28)15-38)10-17-7-9-37(13-21(17)36)25-34-22(6-8-29)33-24(35-25)32-19-4-2-16(3-5-19)18-11-30-31-12-18/h2-5,10-12H,6-7,9,13-15H2,1H3,(H,30,31)(H,32,33,34,35). The van der Waals surface area contributed by atoms with E-state index in [0.29, 0.717) is 42.9 Å². The molecule has 0 saturated carbocycles. The molecule has 11 nitrogen and oxygen atoms in total. The Morgan fingerprint density at radius 2 is 1.97 bits per heavy atom. The Morgan fingerprint density at radius 3 is 2.67 bits per heavy atom. The summed E-state index contributed by atoms with van der Waals surface area (Å²) in [6.45, 7) is -0.101. The van der Waals surface area contributed by atoms with Crippen LogP contribution in [0.1, 0.15) is 27.6 Å². The summed E-state index contributed by atoms with van der Waals surface area (Å²) in [6.07, 6.45) is 4.21. The summed E-state index contributed by atoms with van der Waals surface area (Å²) in [5.74, 6) is -2.15. The van der Waals surface area contributed by atoms with Crippen LogP contribution in [0.4, 0.5) is 26.4 Å². The number of hydrogen-bond donors (Lipinski definition) is 2. The summed E-state index contributed by atoms with van der Waals surface area (Å²) in [5.41, 5.74) is 5.02. The predicted molar refractivity (Wildman–Crippen MR) is 137 cm³/mol. The van der Waals surface area contributed by atoms with Crippen molar-refractivity contribution in [3.05, 3.63) is 65.5 Å². The average molecular weight is 531 g/mol. The van der Waals surface area contributed by atoms with E-state index in [1.807, 2.05) is 35.4 Å². The molecule has 1 fully saturated rings. The third kappa shape index (κ3) is 4.76. The van der Waals surface area contributed by atoms with Crippen LogP contribution >= 0.6 is 0 Å². The van der Waals surface area contributed by atoms with Crippen molar-refractivity contribution in [3.63, 3.8) is 0 Å². The molecule has 0 bridgehead atoms. The van der Waals surface area contributed by atoms with E-state index in [-0.39, 0.29) is 6.42 Å². The molecule has 0 spiro atoms. The van der Waals surface area contributed by atoms with E-state index < -0.39 is 24.9 Å². The largest absolute Gasteiger partial charge is 0.342 e. The molecule has 198 valence electrons. The van der Waals surface area contributed by atoms with Crippen molar-refractivity contribution in [2.75, 3.05) is 29.9 Å². The van der Waals surface area contributed by atoms with Crippen LogP contribution in [0.5, 0.6) is 0 Å². The van der Waals surface area contributed by atoms with Crippen molar-refractivity contribution in [1.29, 1.82) is 5.26 Å². The fraction of sp³-hybridized carbons (Fsp3) is 0.308. The van der Waals surface area contributed by atoms with E-state index in [9.17, 15) is 18.8 Å². The number of H-pyrrole nitrogens is 1. The zero-order valence-corrected chi connectivity index (χ0v) is 21.0. The van der Waals surface area contributed by atoms with Crippen LogP contribution in [0.15, 0.2) is 42.7 Å². The third-order valence-electron chi connectivity index (χ3n) is 6.95. The molecule has 0 atom stereocenters. The van der Waals surface area contributed by atoms with Gasteiger partial charge in [-0.25, -0.2) is 8.78 Å². The van der Waals surface area contributed by atoms with E-state index >= 15 is 0 Å². The Kier molecular flexibility index (Phi) is 5.94. The minimum Gasteiger partial charge on any atom is -0.342 e. The highest BCUT2D eigenvalue weighted by atomic mass is 19.3. The predicted octanol–water partition coefficient (Wildman–Crippen LogP) is 3.06. The zero-order chi connectivity index (χ0) is 27.1. The van der Waals surface area contributed by atoms with Gasteiger partial charge in [-0.1, -0.05) is 12.1 Å². The second kappa shape index (κ2) is 9.46. The smallest absolute Gasteiger partial charge is 0.282 e. The fourth-order valence-corrected chi connectivity index (χ4v) is 4.88. The van der Waals surface area contributed by atoms with E-state index in [4.69, 9.17) is 0 Å². The van der Waals surface area contributed by atoms with Gasteiger partial charge in [0.15, 0.2) is 0 Å². The minimum absolute atomic E-state index is 0.0198. The highest BCUT2D eigenvalue weighted by Gasteiger charge is 2.47. The zero-order valence-electron chi connectivity index (χ0n) is 21.0. The highest BCUT2D eigenvalue weighted by molar-refractivity contribution is 5.94. The van der Waals surface area contributed by atoms with Crippen LogP contribution in [0.2, 0.25) is 0 Å². The first-order valence-corrected chi connectivity index (χ1v) is 12.4. The van der Waals surface area contributed by atoms with Gasteiger partial charge in [0.05, 0.1) is 38.3 Å². The number of aromatic nitrogens is 6. The number of rotatable bonds is 6. The maximum Gasteiger partial charge on any atom is 0.282 e. The third-order valence-corrected chi connectivity index (χ3v) is 6.95. The maximum absolute atomic E-state index is 13.3. The number of nitrogens with one attached hydrogen (secondary N) is 2. The molecule has 13 heteroatoms. The molecule has 3 aromatic heterocycles. The van der Waals surface area contributed by atoms with Crippen molar-refractivity contribution >= 4 is 23.5 Å². The van der Waals surface area contributed by atoms with Gasteiger partial charge in [0, 0.05) is 36.7 Å². The lowest BCUT2D eigenvalue weighted by molar-refractivity contribution is -0.113. The summed E-state index contributed by atoms with van der Waals surface area (Å²) >= 11 is 0. The average Bonchev–Trinajstić information content (AvgIpc) is 3.56. The first kappa shape index (κ1) is 24.5. The quantitative estimate of drug-likeness (QED) is 0.389. The van der Waals surface area contributed by atoms with E-state index in [1.54, 1.807) is 23.9 Å². The molecular weight excluding hydrogens is 506 g/mol. The van der Waals surface area contributed by atoms with Gasteiger partial charge < -0.3 is 19.7 Å². The molecule has 2 aliphatic rings. The number of nitrogens with zero attached hydrogens (tertiary/aromatic N) is 8. The highest BCUT2D eigenvalue weighted by Crippen LogP contribution is 2.31. The molecule has 1 aromatic carbocycles. The Bertz CT molecular complexity index is 1570. The van der Waals surface area contributed by atoms with Gasteiger partial charge >= 0.3 is 0 Å². The molecule has 0 radical (unpaired) electrons. The number of carbonyl (C=O) groups is 1. The summed E-state index contributed by atoms with van der Waals surface area (Å²) in [7, 11) is 1.77. The molecule has 39 heavy (non-hydrogen) atoms. The van der Waals surface area contributed by atoms with Gasteiger partial charge in [-0.2, -0.15) is 25.3 Å². The van der Waals surface area contributed by atoms with Crippen LogP contribution in [0.25, 0.3) is 11.1 Å². The van der Waals surface area contributed by atoms with Crippen molar-refractivity contribution in [2.24, 2.45) is 7.05 Å². The Morgan fingerprint density at radius 1 is 1.18 bits per heavy atom. The molecule has 0 unspecified atom stereocenters. The summed E-state index contributed by atoms with van der Waals surface area (Å²) < 4.78 is 28.4. The number of likely N-dealkylation sites (tertiary alicyclic amines) is 1. The Hall–Kier alpha value is -4.86. The normalized spacial score (nSPS) is 15.8. The molecule has 5 heterocycles. The summed E-state index contributed by atoms with van der Waals surface area (Å²) in [4.78, 5) is 29.5. The van der Waals surface area contributed by atoms with Gasteiger partial charge in [-0.3, -0.25) is 9.89 Å². The number of anilines is 3. The molecule has 2 aliphatic heterocycles. The van der Waals surface area contributed by atoms with Crippen LogP contribution < -0.4 is 10.2 Å². The van der Waals surface area contributed by atoms with Gasteiger partial charge in [0.2, 0.25) is 11.9 Å². The first-order valence-electron chi connectivity index (χ1n) is 12.4. The lowest BCUT2D eigenvalue weighted by Gasteiger charge is -2.38. The molecule has 6 rings (SSSR count). The lowest BCUT2D eigenvalue weighted by atomic mass is 10.1. The number of benzene rings is 1. The van der Waals surface area contributed by atoms with Gasteiger partial charge in [-0.15, -0.1) is 0 Å². The number of nitriles is 1. The van der Waals surface area contributed by atoms with E-state index in [0.717, 1.165) is 28.1 Å². The SMILES string of the molecule is Cn1c(C(=O)N2CC(F)(F)C2)cc2c1CN(c1nc(CC#N)nc(Nc3ccc(-c4cn[nH]c4)cc3)n1)CC2. The number of amides is 1. The monoisotopic (exact) mass is 530 g/mol. The van der Waals surface area contributed by atoms with Crippen LogP contribution in [0.3, 0.4) is 0 Å². The van der Waals surface area contributed by atoms with Crippen molar-refractivity contribution < 1.29 is 13.6 Å². The van der Waals surface area contributed by atoms with Gasteiger partial charge in [0.1, 0.15) is 11.5 Å². The van der Waals surface area contributed by atoms with Gasteiger partial charge in [-0.05, 0) is 35.7 Å². The van der Waals surface area contributed by atoms with Crippen LogP contribution in [0, 0.1) is 11.3 Å². The lowest BCUT2D eigenvalue weighted by Crippen LogP contribution is -2.58. The molecule has 1 saturated heterocycles. The minimum atomic E-state index is -2.81. The summed E-state index contributed by atoms with van der Waals surface area (Å²) in [6, 6.07) is 11.6. The number of fused-ring (bicyclic) bond motifs is 1. The van der Waals surface area contributed by atoms with Crippen LogP contribution in [-0.2, 0) is 26.4 Å². The van der Waals surface area contributed by atoms with Gasteiger partial charge in [0.25, 0.3) is 11.8 Å². The Labute approximate surface area is 222 Å². The second-order valence-electron chi connectivity index (χ2n) is 9.65. The van der Waals surface area contributed by atoms with Crippen LogP contribution in [-0.4, -0.2) is 66.1 Å². The van der Waals surface area contributed by atoms with Crippen molar-refractivity contribution in [2.45, 2.75) is 25.3 Å². The molecular formula is C26H24F2N10O. The number of aromatic amines is 1. The number of carbonyl (C=O) groups excluding carboxylic acids is 1. The number of hydrogen-bond acceptors (Lipinski definition) is 8. The molecule has 4 aromatic rings. The van der Waals surface area contributed by atoms with E-state index in [2.05, 4.69) is 36.5 Å². The second-order valence-corrected chi connectivity index (χ2v) is 9.65. The fourth-order valence-electron chi connectivity index (χ4n) is 4.88. The summed E-state index contributed by atoms with van der Waals surface area (Å²) in [5, 5.41) is 19.2.